The van der Waals surface area contributed by atoms with Gasteiger partial charge < -0.3 is 28.7 Å². The van der Waals surface area contributed by atoms with Gasteiger partial charge in [0.05, 0.1) is 20.8 Å². The summed E-state index contributed by atoms with van der Waals surface area (Å²) < 4.78 is 74.2. The van der Waals surface area contributed by atoms with Crippen molar-refractivity contribution < 1.29 is 41.3 Å². The van der Waals surface area contributed by atoms with Crippen LogP contribution < -0.4 is 26.0 Å². The average Bonchev–Trinajstić information content (AvgIpc) is 3.44. The SMILES string of the molecule is COc1ccc(C(O[C@H]2[C@@H](NC(=O)C(F)(F)F)[C@H](n3ccc(=O)[nH]c3=O)O[C@@H]2CO[Si](C)(C)C(C)(C)C)(c2ccccc2)c2ccc(OC)cc2)cc1. The summed E-state index contributed by atoms with van der Waals surface area (Å²) in [5.41, 5.74) is -1.56. The van der Waals surface area contributed by atoms with Crippen molar-refractivity contribution in [2.45, 2.75) is 75.2 Å². The van der Waals surface area contributed by atoms with E-state index in [1.54, 1.807) is 60.7 Å². The van der Waals surface area contributed by atoms with E-state index in [0.29, 0.717) is 28.2 Å². The molecule has 0 spiro atoms. The number of carbonyl (C=O) groups is 1. The fourth-order valence-electron chi connectivity index (χ4n) is 6.01. The van der Waals surface area contributed by atoms with Crippen LogP contribution in [0.2, 0.25) is 18.1 Å². The molecule has 0 saturated carbocycles. The van der Waals surface area contributed by atoms with Gasteiger partial charge in [0.25, 0.3) is 5.56 Å². The van der Waals surface area contributed by atoms with Crippen LogP contribution in [0.3, 0.4) is 0 Å². The number of nitrogens with zero attached hydrogens (tertiary/aromatic N) is 1. The normalized spacial score (nSPS) is 19.5. The molecule has 1 fully saturated rings. The van der Waals surface area contributed by atoms with E-state index in [-0.39, 0.29) is 11.6 Å². The van der Waals surface area contributed by atoms with Crippen LogP contribution in [0.15, 0.2) is 101 Å². The summed E-state index contributed by atoms with van der Waals surface area (Å²) in [5.74, 6) is -1.18. The molecule has 11 nitrogen and oxygen atoms in total. The van der Waals surface area contributed by atoms with Gasteiger partial charge in [-0.3, -0.25) is 19.1 Å². The predicted octanol–water partition coefficient (Wildman–Crippen LogP) is 5.90. The summed E-state index contributed by atoms with van der Waals surface area (Å²) in [7, 11) is 0.522. The van der Waals surface area contributed by atoms with Gasteiger partial charge in [-0.15, -0.1) is 0 Å². The molecule has 1 aliphatic heterocycles. The molecular formula is C38H44F3N3O8Si. The summed E-state index contributed by atoms with van der Waals surface area (Å²) in [6.45, 7) is 9.95. The summed E-state index contributed by atoms with van der Waals surface area (Å²) in [6, 6.07) is 22.5. The van der Waals surface area contributed by atoms with Crippen molar-refractivity contribution in [1.29, 1.82) is 0 Å². The number of nitrogens with one attached hydrogen (secondary N) is 2. The van der Waals surface area contributed by atoms with Gasteiger partial charge in [0.1, 0.15) is 35.3 Å². The summed E-state index contributed by atoms with van der Waals surface area (Å²) in [4.78, 5) is 40.2. The van der Waals surface area contributed by atoms with Crippen molar-refractivity contribution in [3.05, 3.63) is 129 Å². The molecule has 4 aromatic rings. The van der Waals surface area contributed by atoms with Gasteiger partial charge in [0.15, 0.2) is 14.5 Å². The minimum Gasteiger partial charge on any atom is -0.497 e. The molecule has 15 heteroatoms. The Morgan fingerprint density at radius 3 is 1.85 bits per heavy atom. The molecule has 2 heterocycles. The molecule has 0 unspecified atom stereocenters. The van der Waals surface area contributed by atoms with Gasteiger partial charge >= 0.3 is 17.8 Å². The molecule has 0 aliphatic carbocycles. The number of hydrogen-bond acceptors (Lipinski definition) is 8. The average molecular weight is 756 g/mol. The first-order valence-corrected chi connectivity index (χ1v) is 19.8. The van der Waals surface area contributed by atoms with Crippen LogP contribution in [0.25, 0.3) is 0 Å². The molecule has 2 N–H and O–H groups in total. The zero-order valence-corrected chi connectivity index (χ0v) is 31.5. The molecule has 5 rings (SSSR count). The van der Waals surface area contributed by atoms with Gasteiger partial charge in [0.2, 0.25) is 0 Å². The highest BCUT2D eigenvalue weighted by atomic mass is 28.4. The number of benzene rings is 3. The molecule has 53 heavy (non-hydrogen) atoms. The van der Waals surface area contributed by atoms with E-state index < -0.39 is 61.7 Å². The van der Waals surface area contributed by atoms with E-state index in [9.17, 15) is 27.6 Å². The quantitative estimate of drug-likeness (QED) is 0.135. The minimum atomic E-state index is -5.30. The maximum atomic E-state index is 14.0. The van der Waals surface area contributed by atoms with Crippen molar-refractivity contribution in [2.24, 2.45) is 0 Å². The second-order valence-corrected chi connectivity index (χ2v) is 19.0. The van der Waals surface area contributed by atoms with E-state index in [2.05, 4.69) is 10.3 Å². The van der Waals surface area contributed by atoms with Crippen molar-refractivity contribution in [2.75, 3.05) is 20.8 Å². The number of methoxy groups -OCH3 is 2. The van der Waals surface area contributed by atoms with Crippen LogP contribution in [-0.2, 0) is 24.3 Å². The fourth-order valence-corrected chi connectivity index (χ4v) is 7.02. The Balaban J connectivity index is 1.79. The topological polar surface area (TPSA) is 130 Å². The monoisotopic (exact) mass is 755 g/mol. The largest absolute Gasteiger partial charge is 0.497 e. The molecule has 1 aromatic heterocycles. The molecule has 284 valence electrons. The Kier molecular flexibility index (Phi) is 11.4. The lowest BCUT2D eigenvalue weighted by Crippen LogP contribution is -2.55. The number of aromatic nitrogens is 2. The van der Waals surface area contributed by atoms with Gasteiger partial charge in [-0.05, 0) is 59.1 Å². The van der Waals surface area contributed by atoms with Gasteiger partial charge in [-0.2, -0.15) is 13.2 Å². The number of H-pyrrole nitrogens is 1. The van der Waals surface area contributed by atoms with Crippen molar-refractivity contribution >= 4 is 14.2 Å². The maximum Gasteiger partial charge on any atom is 0.471 e. The van der Waals surface area contributed by atoms with E-state index in [4.69, 9.17) is 23.4 Å². The van der Waals surface area contributed by atoms with Crippen LogP contribution in [0.5, 0.6) is 11.5 Å². The fraction of sp³-hybridized carbons (Fsp3) is 0.395. The molecule has 1 amide bonds. The number of ether oxygens (including phenoxy) is 4. The van der Waals surface area contributed by atoms with Crippen LogP contribution in [0, 0.1) is 0 Å². The number of aromatic amines is 1. The number of alkyl halides is 3. The lowest BCUT2D eigenvalue weighted by atomic mass is 9.79. The third-order valence-corrected chi connectivity index (χ3v) is 14.4. The van der Waals surface area contributed by atoms with Crippen molar-refractivity contribution in [3.63, 3.8) is 0 Å². The molecule has 3 aromatic carbocycles. The maximum absolute atomic E-state index is 14.0. The third-order valence-electron chi connectivity index (χ3n) is 9.92. The predicted molar refractivity (Wildman–Crippen MR) is 194 cm³/mol. The lowest BCUT2D eigenvalue weighted by Gasteiger charge is -2.41. The molecule has 4 atom stereocenters. The van der Waals surface area contributed by atoms with Crippen molar-refractivity contribution in [3.8, 4) is 11.5 Å². The zero-order valence-electron chi connectivity index (χ0n) is 30.5. The first kappa shape index (κ1) is 39.5. The van der Waals surface area contributed by atoms with Crippen LogP contribution in [-0.4, -0.2) is 69.0 Å². The first-order chi connectivity index (χ1) is 24.9. The van der Waals surface area contributed by atoms with Gasteiger partial charge in [-0.25, -0.2) is 4.79 Å². The second kappa shape index (κ2) is 15.3. The number of halogens is 3. The molecular weight excluding hydrogens is 712 g/mol. The number of amides is 1. The van der Waals surface area contributed by atoms with Crippen LogP contribution in [0.1, 0.15) is 43.7 Å². The number of carbonyl (C=O) groups excluding carboxylic acids is 1. The lowest BCUT2D eigenvalue weighted by molar-refractivity contribution is -0.176. The second-order valence-electron chi connectivity index (χ2n) is 14.2. The van der Waals surface area contributed by atoms with E-state index in [0.717, 1.165) is 16.8 Å². The minimum absolute atomic E-state index is 0.162. The number of hydrogen-bond donors (Lipinski definition) is 2. The van der Waals surface area contributed by atoms with E-state index in [1.807, 2.05) is 52.1 Å². The van der Waals surface area contributed by atoms with Gasteiger partial charge in [0, 0.05) is 12.3 Å². The number of rotatable bonds is 12. The highest BCUT2D eigenvalue weighted by Crippen LogP contribution is 2.46. The molecule has 1 aliphatic rings. The van der Waals surface area contributed by atoms with Crippen LogP contribution >= 0.6 is 0 Å². The standard InChI is InChI=1S/C38H44F3N3O8Si/c1-36(2,3)53(6,7)50-23-29-32(31(43-34(46)38(39,40)41)33(51-29)44-22-21-30(45)42-35(44)47)52-37(24-11-9-8-10-12-24,25-13-17-27(48-4)18-14-25)26-15-19-28(49-5)20-16-26/h8-22,29,31-33H,23H2,1-7H3,(H,43,46)(H,42,45,47)/t29-,31-,32-,33-/m1/s1. The smallest absolute Gasteiger partial charge is 0.471 e. The highest BCUT2D eigenvalue weighted by molar-refractivity contribution is 6.74. The Labute approximate surface area is 306 Å². The molecule has 0 radical (unpaired) electrons. The first-order valence-electron chi connectivity index (χ1n) is 16.9. The Bertz CT molecular complexity index is 1930. The molecule has 1 saturated heterocycles. The van der Waals surface area contributed by atoms with Crippen molar-refractivity contribution in [1.82, 2.24) is 14.9 Å². The Hall–Kier alpha value is -4.70. The summed E-state index contributed by atoms with van der Waals surface area (Å²) in [6.07, 6.45) is -8.32. The Morgan fingerprint density at radius 1 is 0.849 bits per heavy atom. The molecule has 0 bridgehead atoms. The van der Waals surface area contributed by atoms with E-state index >= 15 is 0 Å². The highest BCUT2D eigenvalue weighted by Gasteiger charge is 2.55. The van der Waals surface area contributed by atoms with Gasteiger partial charge in [-0.1, -0.05) is 75.4 Å². The Morgan fingerprint density at radius 2 is 1.38 bits per heavy atom. The third kappa shape index (κ3) is 8.27. The zero-order chi connectivity index (χ0) is 38.8. The summed E-state index contributed by atoms with van der Waals surface area (Å²) in [5, 5.41) is 1.82. The van der Waals surface area contributed by atoms with E-state index in [1.165, 1.54) is 14.2 Å². The summed E-state index contributed by atoms with van der Waals surface area (Å²) >= 11 is 0. The van der Waals surface area contributed by atoms with Crippen LogP contribution in [0.4, 0.5) is 13.2 Å².